The van der Waals surface area contributed by atoms with E-state index in [1.807, 2.05) is 11.3 Å². The zero-order valence-corrected chi connectivity index (χ0v) is 29.6. The molecule has 2 aliphatic heterocycles. The van der Waals surface area contributed by atoms with Crippen LogP contribution in [-0.2, 0) is 5.41 Å². The van der Waals surface area contributed by atoms with Crippen LogP contribution in [0, 0.1) is 17.8 Å². The maximum absolute atomic E-state index is 2.56. The zero-order valence-electron chi connectivity index (χ0n) is 28.8. The quantitative estimate of drug-likeness (QED) is 0.172. The highest BCUT2D eigenvalue weighted by molar-refractivity contribution is 7.26. The number of hydrogen-bond donors (Lipinski definition) is 0. The summed E-state index contributed by atoms with van der Waals surface area (Å²) in [7, 11) is 0. The molecule has 0 radical (unpaired) electrons. The molecule has 12 rings (SSSR count). The van der Waals surface area contributed by atoms with Gasteiger partial charge in [0, 0.05) is 43.9 Å². The maximum atomic E-state index is 2.56. The highest BCUT2D eigenvalue weighted by atomic mass is 32.1. The van der Waals surface area contributed by atoms with E-state index >= 15 is 0 Å². The monoisotopic (exact) mass is 674 g/mol. The van der Waals surface area contributed by atoms with Crippen molar-refractivity contribution in [2.24, 2.45) is 17.8 Å². The summed E-state index contributed by atoms with van der Waals surface area (Å²) in [5.41, 5.74) is 13.8. The van der Waals surface area contributed by atoms with E-state index in [-0.39, 0.29) is 6.71 Å². The first kappa shape index (κ1) is 28.9. The molecule has 4 unspecified atom stereocenters. The van der Waals surface area contributed by atoms with Gasteiger partial charge in [-0.25, -0.2) is 0 Å². The number of fused-ring (bicyclic) bond motifs is 9. The lowest BCUT2D eigenvalue weighted by Gasteiger charge is -2.55. The Kier molecular flexibility index (Phi) is 6.01. The first-order valence-electron chi connectivity index (χ1n) is 19.2. The summed E-state index contributed by atoms with van der Waals surface area (Å²) in [5.74, 6) is 2.88. The highest BCUT2D eigenvalue weighted by Crippen LogP contribution is 2.59. The van der Waals surface area contributed by atoms with Crippen molar-refractivity contribution in [2.75, 3.05) is 9.80 Å². The summed E-state index contributed by atoms with van der Waals surface area (Å²) in [6.07, 6.45) is 10.1. The zero-order chi connectivity index (χ0) is 33.3. The van der Waals surface area contributed by atoms with Gasteiger partial charge >= 0.3 is 0 Å². The molecule has 1 aromatic heterocycles. The van der Waals surface area contributed by atoms with Crippen molar-refractivity contribution < 1.29 is 0 Å². The third-order valence-corrected chi connectivity index (χ3v) is 15.0. The van der Waals surface area contributed by atoms with Crippen LogP contribution in [0.4, 0.5) is 34.1 Å². The molecule has 3 heterocycles. The van der Waals surface area contributed by atoms with Crippen molar-refractivity contribution in [3.05, 3.63) is 139 Å². The molecule has 4 atom stereocenters. The second kappa shape index (κ2) is 10.6. The van der Waals surface area contributed by atoms with E-state index < -0.39 is 0 Å². The van der Waals surface area contributed by atoms with Gasteiger partial charge in [0.25, 0.3) is 6.71 Å². The fraction of sp³-hybridized carbons (Fsp3) is 0.234. The van der Waals surface area contributed by atoms with Crippen LogP contribution in [0.5, 0.6) is 0 Å². The van der Waals surface area contributed by atoms with Gasteiger partial charge < -0.3 is 9.80 Å². The number of rotatable bonds is 3. The average Bonchev–Trinajstić information content (AvgIpc) is 3.56. The molecule has 0 saturated heterocycles. The predicted molar refractivity (Wildman–Crippen MR) is 218 cm³/mol. The Morgan fingerprint density at radius 3 is 2.06 bits per heavy atom. The molecule has 3 bridgehead atoms. The van der Waals surface area contributed by atoms with E-state index in [2.05, 4.69) is 143 Å². The first-order chi connectivity index (χ1) is 25.2. The Morgan fingerprint density at radius 1 is 0.549 bits per heavy atom. The minimum atomic E-state index is 0.160. The van der Waals surface area contributed by atoms with Crippen molar-refractivity contribution >= 4 is 88.7 Å². The van der Waals surface area contributed by atoms with Crippen LogP contribution >= 0.6 is 11.3 Å². The van der Waals surface area contributed by atoms with Gasteiger partial charge in [-0.1, -0.05) is 91.3 Å². The summed E-state index contributed by atoms with van der Waals surface area (Å²) < 4.78 is 2.68. The van der Waals surface area contributed by atoms with E-state index in [1.165, 1.54) is 116 Å². The largest absolute Gasteiger partial charge is 0.311 e. The van der Waals surface area contributed by atoms with Crippen molar-refractivity contribution in [2.45, 2.75) is 50.4 Å². The van der Waals surface area contributed by atoms with Crippen molar-refractivity contribution in [1.82, 2.24) is 0 Å². The topological polar surface area (TPSA) is 6.48 Å². The molecule has 6 aromatic carbocycles. The second-order valence-electron chi connectivity index (χ2n) is 16.2. The Balaban J connectivity index is 1.04. The first-order valence-corrected chi connectivity index (χ1v) is 20.0. The minimum Gasteiger partial charge on any atom is -0.311 e. The summed E-state index contributed by atoms with van der Waals surface area (Å²) in [4.78, 5) is 5.12. The second-order valence-corrected chi connectivity index (χ2v) is 17.2. The van der Waals surface area contributed by atoms with Gasteiger partial charge in [-0.05, 0) is 132 Å². The van der Waals surface area contributed by atoms with E-state index in [9.17, 15) is 0 Å². The molecular weight excluding hydrogens is 635 g/mol. The molecule has 3 fully saturated rings. The molecular formula is C47H39BN2S. The fourth-order valence-electron chi connectivity index (χ4n) is 11.7. The van der Waals surface area contributed by atoms with Crippen molar-refractivity contribution in [3.63, 3.8) is 0 Å². The van der Waals surface area contributed by atoms with Crippen LogP contribution in [0.2, 0.25) is 0 Å². The van der Waals surface area contributed by atoms with Gasteiger partial charge in [0.15, 0.2) is 0 Å². The molecule has 0 spiro atoms. The number of thiophene rings is 1. The molecule has 0 N–H and O–H groups in total. The summed E-state index contributed by atoms with van der Waals surface area (Å²) >= 11 is 1.91. The third-order valence-electron chi connectivity index (χ3n) is 13.7. The molecule has 7 aromatic rings. The fourth-order valence-corrected chi connectivity index (χ4v) is 12.9. The lowest BCUT2D eigenvalue weighted by Crippen LogP contribution is -2.61. The van der Waals surface area contributed by atoms with Crippen molar-refractivity contribution in [3.8, 4) is 0 Å². The SMILES string of the molecule is c1ccc2c(c1)B1c3ccccc3N(c3cccc4c3sc3ccccc34)c3cccc(c31)N2c1ccc(C23CCC4CCC(CC4C2)C3)cc1. The molecule has 2 nitrogen and oxygen atoms in total. The highest BCUT2D eigenvalue weighted by Gasteiger charge is 2.50. The predicted octanol–water partition coefficient (Wildman–Crippen LogP) is 11.0. The van der Waals surface area contributed by atoms with Gasteiger partial charge in [-0.3, -0.25) is 0 Å². The smallest absolute Gasteiger partial charge is 0.252 e. The van der Waals surface area contributed by atoms with Crippen LogP contribution in [-0.4, -0.2) is 6.71 Å². The number of anilines is 6. The van der Waals surface area contributed by atoms with Crippen LogP contribution in [0.15, 0.2) is 133 Å². The Labute approximate surface area is 304 Å². The molecule has 5 aliphatic rings. The molecule has 3 aliphatic carbocycles. The molecule has 51 heavy (non-hydrogen) atoms. The Bertz CT molecular complexity index is 2530. The Morgan fingerprint density at radius 2 is 1.22 bits per heavy atom. The molecule has 0 amide bonds. The van der Waals surface area contributed by atoms with E-state index in [0.29, 0.717) is 5.41 Å². The third kappa shape index (κ3) is 4.00. The summed E-state index contributed by atoms with van der Waals surface area (Å²) in [6.45, 7) is 0.160. The summed E-state index contributed by atoms with van der Waals surface area (Å²) in [6, 6.07) is 51.0. The number of para-hydroxylation sites is 2. The lowest BCUT2D eigenvalue weighted by atomic mass is 9.33. The van der Waals surface area contributed by atoms with Gasteiger partial charge in [0.1, 0.15) is 0 Å². The van der Waals surface area contributed by atoms with Crippen LogP contribution in [0.25, 0.3) is 20.2 Å². The molecule has 3 saturated carbocycles. The van der Waals surface area contributed by atoms with Gasteiger partial charge in [0.05, 0.1) is 10.4 Å². The average molecular weight is 675 g/mol. The van der Waals surface area contributed by atoms with E-state index in [4.69, 9.17) is 0 Å². The van der Waals surface area contributed by atoms with Gasteiger partial charge in [-0.15, -0.1) is 11.3 Å². The molecule has 246 valence electrons. The normalized spacial score (nSPS) is 24.1. The van der Waals surface area contributed by atoms with E-state index in [1.54, 1.807) is 5.56 Å². The Hall–Kier alpha value is -4.80. The van der Waals surface area contributed by atoms with Crippen LogP contribution < -0.4 is 26.2 Å². The minimum absolute atomic E-state index is 0.160. The van der Waals surface area contributed by atoms with Crippen LogP contribution in [0.1, 0.15) is 50.5 Å². The van der Waals surface area contributed by atoms with Gasteiger partial charge in [-0.2, -0.15) is 0 Å². The lowest BCUT2D eigenvalue weighted by molar-refractivity contribution is 0.00964. The standard InChI is InChI=1S/C47H39BN2S/c1-6-18-44-35(9-1)36-10-7-17-43(46(36)51-44)50-40-14-5-3-12-38(40)48-37-11-2-4-13-39(37)49(41-15-8-16-42(50)45(41)48)34-23-21-33(22-24-34)47-26-25-31-20-19-30(28-47)27-32(31)29-47/h1-18,21-24,30-32H,19-20,25-29H2. The number of benzene rings is 6. The number of hydrogen-bond acceptors (Lipinski definition) is 3. The number of nitrogens with zero attached hydrogens (tertiary/aromatic N) is 2. The molecule has 4 heteroatoms. The maximum Gasteiger partial charge on any atom is 0.252 e. The van der Waals surface area contributed by atoms with Gasteiger partial charge in [0.2, 0.25) is 0 Å². The van der Waals surface area contributed by atoms with E-state index in [0.717, 1.165) is 17.8 Å². The van der Waals surface area contributed by atoms with Crippen LogP contribution in [0.3, 0.4) is 0 Å². The van der Waals surface area contributed by atoms with Crippen molar-refractivity contribution in [1.29, 1.82) is 0 Å². The summed E-state index contributed by atoms with van der Waals surface area (Å²) in [5, 5.41) is 2.67.